The topological polar surface area (TPSA) is 150 Å². The fourth-order valence-electron chi connectivity index (χ4n) is 17.5. The van der Waals surface area contributed by atoms with Crippen LogP contribution in [0.2, 0.25) is 0 Å². The number of nitrogens with zero attached hydrogens (tertiary/aromatic N) is 10. The Morgan fingerprint density at radius 1 is 0.274 bits per heavy atom. The summed E-state index contributed by atoms with van der Waals surface area (Å²) in [6, 6.07) is 50.8. The predicted molar refractivity (Wildman–Crippen MR) is 504 cm³/mol. The van der Waals surface area contributed by atoms with E-state index in [0.717, 1.165) is 178 Å². The fraction of sp³-hybridized carbons (Fsp3) is 0.266. The Morgan fingerprint density at radius 2 is 0.605 bits per heavy atom. The number of fused-ring (bicyclic) bond motifs is 15. The highest BCUT2D eigenvalue weighted by Gasteiger charge is 2.30. The lowest BCUT2D eigenvalue weighted by molar-refractivity contribution is -0.660. The molecule has 0 aliphatic heterocycles. The summed E-state index contributed by atoms with van der Waals surface area (Å²) in [4.78, 5) is 22.8. The van der Waals surface area contributed by atoms with Gasteiger partial charge in [0.05, 0.1) is 27.8 Å². The third-order valence-corrected chi connectivity index (χ3v) is 24.2. The summed E-state index contributed by atoms with van der Waals surface area (Å²) in [5.74, 6) is -1.24. The molecule has 0 saturated carbocycles. The number of pyridine rings is 10. The molecule has 15 heterocycles. The maximum atomic E-state index is 8.47. The smallest absolute Gasteiger partial charge is 0.227 e. The van der Waals surface area contributed by atoms with E-state index < -0.39 is 26.4 Å². The number of aromatic nitrogens is 10. The molecular formula is C109H113N10O5+5. The molecule has 15 nitrogen and oxygen atoms in total. The maximum Gasteiger partial charge on any atom is 0.227 e. The van der Waals surface area contributed by atoms with E-state index in [0.29, 0.717) is 45.3 Å². The number of aryl methyl sites for hydroxylation is 23. The Bertz CT molecular complexity index is 8190. The fourth-order valence-corrected chi connectivity index (χ4v) is 17.5. The van der Waals surface area contributed by atoms with Crippen LogP contribution in [0.4, 0.5) is 0 Å². The first-order valence-corrected chi connectivity index (χ1v) is 42.1. The van der Waals surface area contributed by atoms with E-state index in [1.807, 2.05) is 164 Å². The Morgan fingerprint density at radius 3 is 0.992 bits per heavy atom. The van der Waals surface area contributed by atoms with Crippen molar-refractivity contribution in [3.63, 3.8) is 0 Å². The van der Waals surface area contributed by atoms with E-state index in [1.54, 1.807) is 36.8 Å². The van der Waals surface area contributed by atoms with Crippen LogP contribution in [0.25, 0.3) is 167 Å². The number of rotatable bonds is 7. The van der Waals surface area contributed by atoms with Gasteiger partial charge >= 0.3 is 0 Å². The summed E-state index contributed by atoms with van der Waals surface area (Å²) in [7, 11) is 9.82. The summed E-state index contributed by atoms with van der Waals surface area (Å²) in [5, 5.41) is 10.5. The van der Waals surface area contributed by atoms with Crippen LogP contribution in [0.1, 0.15) is 165 Å². The van der Waals surface area contributed by atoms with Crippen LogP contribution in [-0.2, 0) is 35.2 Å². The van der Waals surface area contributed by atoms with Gasteiger partial charge in [0.2, 0.25) is 57.0 Å². The molecule has 0 spiro atoms. The number of hydrogen-bond donors (Lipinski definition) is 0. The lowest BCUT2D eigenvalue weighted by Gasteiger charge is -2.10. The molecule has 0 bridgehead atoms. The number of hydrogen-bond acceptors (Lipinski definition) is 10. The van der Waals surface area contributed by atoms with E-state index >= 15 is 0 Å². The Kier molecular flexibility index (Phi) is 19.3. The molecule has 15 aromatic heterocycles. The largest absolute Gasteiger partial charge is 0.437 e. The zero-order chi connectivity index (χ0) is 96.6. The molecule has 1 unspecified atom stereocenters. The van der Waals surface area contributed by atoms with Gasteiger partial charge in [-0.3, -0.25) is 0 Å². The lowest BCUT2D eigenvalue weighted by Crippen LogP contribution is -2.31. The van der Waals surface area contributed by atoms with Crippen molar-refractivity contribution in [2.75, 3.05) is 0 Å². The Balaban J connectivity index is 0.000000122. The van der Waals surface area contributed by atoms with Crippen molar-refractivity contribution >= 4 is 110 Å². The number of benzene rings is 5. The second-order valence-corrected chi connectivity index (χ2v) is 34.1. The molecule has 0 aliphatic rings. The van der Waals surface area contributed by atoms with Gasteiger partial charge in [-0.05, 0) is 270 Å². The Labute approximate surface area is 740 Å². The first kappa shape index (κ1) is 72.3. The molecule has 0 aliphatic carbocycles. The van der Waals surface area contributed by atoms with Crippen molar-refractivity contribution in [2.45, 2.75) is 164 Å². The van der Waals surface area contributed by atoms with Crippen molar-refractivity contribution in [1.82, 2.24) is 24.9 Å². The molecule has 5 aromatic carbocycles. The minimum Gasteiger partial charge on any atom is -0.437 e. The van der Waals surface area contributed by atoms with Gasteiger partial charge in [0.15, 0.2) is 58.9 Å². The van der Waals surface area contributed by atoms with Gasteiger partial charge in [0, 0.05) is 155 Å². The molecule has 20 rings (SSSR count). The first-order chi connectivity index (χ1) is 63.1. The maximum absolute atomic E-state index is 8.47. The SMILES string of the molecule is Cc1ccc2c(n1)oc1c(-c3cc(C(C)C)cc[n+]3C)c(C)cc(C)c12.Cc1ccc2c(n1)oc1c(-c3cc(C)c(C)c[n+]3C)c(C)cc(C)c12.[2H]C([2H])([2H])C([2H])(C)c1cc[n+](C)c(-c2c(C)ccc3c2oc2nc(C)ccc23)c1.[2H]C([2H])([2H])c1c[n+](C)c(-c2c(C)ccc3c2oc2nc(C)ccc23)cc1C.[2H]C([2H])([2H])c1ccc(-c2c(C)cc(C)c3c2oc2nc(C)ccc23)[n+](C)c1. The van der Waals surface area contributed by atoms with Gasteiger partial charge in [0.25, 0.3) is 0 Å². The van der Waals surface area contributed by atoms with Crippen LogP contribution < -0.4 is 22.8 Å². The second-order valence-electron chi connectivity index (χ2n) is 34.1. The molecular weight excluding hydrogens is 1530 g/mol. The summed E-state index contributed by atoms with van der Waals surface area (Å²) in [5.41, 5.74) is 37.1. The molecule has 624 valence electrons. The molecule has 15 heteroatoms. The van der Waals surface area contributed by atoms with Gasteiger partial charge in [-0.15, -0.1) is 0 Å². The lowest BCUT2D eigenvalue weighted by atomic mass is 9.95. The van der Waals surface area contributed by atoms with Gasteiger partial charge in [-0.25, -0.2) is 47.8 Å². The van der Waals surface area contributed by atoms with E-state index in [4.69, 9.17) is 35.8 Å². The second kappa shape index (κ2) is 33.1. The monoisotopic (exact) mass is 1650 g/mol. The van der Waals surface area contributed by atoms with Crippen LogP contribution >= 0.6 is 0 Å². The molecule has 124 heavy (non-hydrogen) atoms. The standard InChI is InChI=1S/C23H25N2O.2C22H23N2O.2C21H21N2O/c1-13(2)17-9-10-25(6)19(12-17)21-15(4)11-14(3)20-18-8-7-16(5)24-23(18)26-22(20)21;1-12-10-18(24(6)11-15(12)4)20-14(3)9-13(2)19-17-8-7-16(5)23-22(17)25-21(19)20;1-13(2)16-10-11-24(5)19(12-16)20-14(3)6-8-17-18-9-7-15(4)23-22(18)25-21(17)20;1-12-6-9-17(23(5)11-12)19-14(3)10-13(2)18-16-8-7-15(4)22-21(16)24-20(18)19;1-12-6-8-16-17-9-7-15(4)22-21(17)24-20(16)19(12)18-10-13(2)14(3)11-23(18)5/h7-13H,1-6H3;7-11H,1-6H3;6-13H,1-5H3;2*6-11H,1-5H3/q5*+1/i;;1D3,13D;1D3;3D3. The van der Waals surface area contributed by atoms with Crippen molar-refractivity contribution < 1.29 is 58.6 Å². The first-order valence-electron chi connectivity index (χ1n) is 47.1. The highest BCUT2D eigenvalue weighted by Crippen LogP contribution is 2.45. The van der Waals surface area contributed by atoms with Crippen LogP contribution in [0.15, 0.2) is 205 Å². The molecule has 0 fully saturated rings. The van der Waals surface area contributed by atoms with E-state index in [9.17, 15) is 0 Å². The summed E-state index contributed by atoms with van der Waals surface area (Å²) < 4.78 is 119. The summed E-state index contributed by atoms with van der Waals surface area (Å²) in [6.07, 6.45) is 9.48. The minimum atomic E-state index is -2.44. The van der Waals surface area contributed by atoms with Crippen LogP contribution in [0.3, 0.4) is 0 Å². The average molecular weight is 1650 g/mol. The predicted octanol–water partition coefficient (Wildman–Crippen LogP) is 25.2. The van der Waals surface area contributed by atoms with Crippen molar-refractivity contribution in [1.29, 1.82) is 0 Å². The summed E-state index contributed by atoms with van der Waals surface area (Å²) >= 11 is 0. The molecule has 0 N–H and O–H groups in total. The molecule has 20 aromatic rings. The van der Waals surface area contributed by atoms with Crippen molar-refractivity contribution in [3.05, 3.63) is 295 Å². The van der Waals surface area contributed by atoms with Crippen molar-refractivity contribution in [3.8, 4) is 56.3 Å². The van der Waals surface area contributed by atoms with E-state index in [2.05, 4.69) is 190 Å². The van der Waals surface area contributed by atoms with Gasteiger partial charge in [-0.1, -0.05) is 70.1 Å². The zero-order valence-corrected chi connectivity index (χ0v) is 75.4. The summed E-state index contributed by atoms with van der Waals surface area (Å²) in [6.45, 7) is 31.9. The van der Waals surface area contributed by atoms with Crippen LogP contribution in [0.5, 0.6) is 0 Å². The van der Waals surface area contributed by atoms with Gasteiger partial charge < -0.3 is 22.1 Å². The average Bonchev–Trinajstić information content (AvgIpc) is 1.59. The Hall–Kier alpha value is -13.4. The molecule has 1 atom stereocenters. The van der Waals surface area contributed by atoms with E-state index in [-0.39, 0.29) is 0 Å². The van der Waals surface area contributed by atoms with E-state index in [1.165, 1.54) is 68.0 Å². The third kappa shape index (κ3) is 15.5. The quantitative estimate of drug-likeness (QED) is 0.141. The van der Waals surface area contributed by atoms with Crippen molar-refractivity contribution in [2.24, 2.45) is 35.2 Å². The molecule has 0 radical (unpaired) electrons. The van der Waals surface area contributed by atoms with Crippen LogP contribution in [0, 0.1) is 124 Å². The minimum absolute atomic E-state index is 0.316. The highest BCUT2D eigenvalue weighted by atomic mass is 16.4. The third-order valence-electron chi connectivity index (χ3n) is 24.2. The van der Waals surface area contributed by atoms with Gasteiger partial charge in [0.1, 0.15) is 35.2 Å². The molecule has 0 amide bonds. The zero-order valence-electron chi connectivity index (χ0n) is 85.4. The molecule has 0 saturated heterocycles. The normalized spacial score (nSPS) is 13.6. The highest BCUT2D eigenvalue weighted by molar-refractivity contribution is 6.14. The number of furan rings is 5. The van der Waals surface area contributed by atoms with Gasteiger partial charge in [-0.2, -0.15) is 0 Å². The van der Waals surface area contributed by atoms with Crippen LogP contribution in [-0.4, -0.2) is 24.9 Å².